The van der Waals surface area contributed by atoms with Gasteiger partial charge in [0, 0.05) is 5.92 Å². The molecule has 3 rings (SSSR count). The smallest absolute Gasteiger partial charge is 0.253 e. The van der Waals surface area contributed by atoms with Gasteiger partial charge < -0.3 is 9.47 Å². The van der Waals surface area contributed by atoms with Crippen molar-refractivity contribution >= 4 is 17.3 Å². The highest BCUT2D eigenvalue weighted by atomic mass is 16.5. The number of amides is 1. The van der Waals surface area contributed by atoms with Crippen LogP contribution >= 0.6 is 0 Å². The molecule has 0 spiro atoms. The second kappa shape index (κ2) is 5.88. The van der Waals surface area contributed by atoms with Gasteiger partial charge in [-0.3, -0.25) is 4.79 Å². The maximum Gasteiger partial charge on any atom is 0.253 e. The van der Waals surface area contributed by atoms with Crippen LogP contribution in [0.25, 0.3) is 0 Å². The molecule has 1 fully saturated rings. The summed E-state index contributed by atoms with van der Waals surface area (Å²) >= 11 is 0. The Morgan fingerprint density at radius 2 is 1.79 bits per heavy atom. The molecule has 1 saturated heterocycles. The van der Waals surface area contributed by atoms with Crippen LogP contribution in [0.2, 0.25) is 0 Å². The van der Waals surface area contributed by atoms with Crippen LogP contribution in [0, 0.1) is 5.92 Å². The van der Waals surface area contributed by atoms with Gasteiger partial charge in [-0.2, -0.15) is 10.1 Å². The minimum absolute atomic E-state index is 0.00314. The fourth-order valence-corrected chi connectivity index (χ4v) is 3.99. The summed E-state index contributed by atoms with van der Waals surface area (Å²) in [5.41, 5.74) is 1.23. The molecule has 1 aromatic carbocycles. The molecule has 5 heteroatoms. The molecular formula is C19H26N2O3. The molecule has 0 radical (unpaired) electrons. The van der Waals surface area contributed by atoms with E-state index in [1.807, 2.05) is 24.3 Å². The lowest BCUT2D eigenvalue weighted by Gasteiger charge is -2.45. The van der Waals surface area contributed by atoms with Crippen molar-refractivity contribution in [1.82, 2.24) is 0 Å². The van der Waals surface area contributed by atoms with Crippen molar-refractivity contribution in [2.75, 3.05) is 12.1 Å². The fourth-order valence-electron chi connectivity index (χ4n) is 3.99. The van der Waals surface area contributed by atoms with Gasteiger partial charge in [0.05, 0.1) is 30.4 Å². The number of benzene rings is 1. The van der Waals surface area contributed by atoms with Gasteiger partial charge in [-0.25, -0.2) is 0 Å². The Labute approximate surface area is 143 Å². The number of hydrogen-bond donors (Lipinski definition) is 0. The summed E-state index contributed by atoms with van der Waals surface area (Å²) in [5, 5.41) is 6.16. The number of para-hydroxylation sites is 2. The van der Waals surface area contributed by atoms with Crippen LogP contribution in [-0.2, 0) is 9.53 Å². The summed E-state index contributed by atoms with van der Waals surface area (Å²) in [6.07, 6.45) is 2.12. The largest absolute Gasteiger partial charge is 0.494 e. The lowest BCUT2D eigenvalue weighted by Crippen LogP contribution is -2.47. The topological polar surface area (TPSA) is 51.1 Å². The van der Waals surface area contributed by atoms with E-state index in [4.69, 9.17) is 9.47 Å². The van der Waals surface area contributed by atoms with Gasteiger partial charge in [0.1, 0.15) is 11.4 Å². The first-order valence-electron chi connectivity index (χ1n) is 8.44. The zero-order valence-electron chi connectivity index (χ0n) is 15.1. The van der Waals surface area contributed by atoms with Crippen LogP contribution in [-0.4, -0.2) is 29.9 Å². The van der Waals surface area contributed by atoms with Crippen LogP contribution in [0.15, 0.2) is 29.4 Å². The van der Waals surface area contributed by atoms with Gasteiger partial charge in [-0.1, -0.05) is 12.1 Å². The lowest BCUT2D eigenvalue weighted by atomic mass is 9.78. The minimum atomic E-state index is -0.212. The molecule has 24 heavy (non-hydrogen) atoms. The molecule has 0 N–H and O–H groups in total. The van der Waals surface area contributed by atoms with Crippen LogP contribution in [0.5, 0.6) is 5.75 Å². The van der Waals surface area contributed by atoms with E-state index in [1.165, 1.54) is 5.01 Å². The number of hydrazone groups is 1. The van der Waals surface area contributed by atoms with Crippen LogP contribution < -0.4 is 9.75 Å². The number of hydrogen-bond acceptors (Lipinski definition) is 4. The number of methoxy groups -OCH3 is 1. The van der Waals surface area contributed by atoms with Crippen molar-refractivity contribution in [2.24, 2.45) is 11.0 Å². The molecule has 1 amide bonds. The quantitative estimate of drug-likeness (QED) is 0.847. The van der Waals surface area contributed by atoms with Gasteiger partial charge in [0.15, 0.2) is 0 Å². The summed E-state index contributed by atoms with van der Waals surface area (Å²) in [6, 6.07) is 7.48. The Morgan fingerprint density at radius 1 is 1.17 bits per heavy atom. The molecule has 2 aliphatic rings. The summed E-state index contributed by atoms with van der Waals surface area (Å²) in [7, 11) is 1.60. The third kappa shape index (κ3) is 3.31. The third-order valence-electron chi connectivity index (χ3n) is 4.61. The highest BCUT2D eigenvalue weighted by molar-refractivity contribution is 6.14. The number of carbonyl (C=O) groups is 1. The molecule has 0 unspecified atom stereocenters. The zero-order chi connectivity index (χ0) is 17.5. The average molecular weight is 330 g/mol. The van der Waals surface area contributed by atoms with Gasteiger partial charge in [-0.15, -0.1) is 0 Å². The number of anilines is 1. The van der Waals surface area contributed by atoms with Crippen LogP contribution in [0.4, 0.5) is 5.69 Å². The van der Waals surface area contributed by atoms with Gasteiger partial charge in [0.25, 0.3) is 5.91 Å². The maximum atomic E-state index is 12.5. The normalized spacial score (nSPS) is 23.3. The van der Waals surface area contributed by atoms with Crippen molar-refractivity contribution in [3.05, 3.63) is 24.3 Å². The summed E-state index contributed by atoms with van der Waals surface area (Å²) < 4.78 is 11.5. The second-order valence-corrected chi connectivity index (χ2v) is 7.87. The number of nitrogens with zero attached hydrogens (tertiary/aromatic N) is 2. The van der Waals surface area contributed by atoms with Crippen molar-refractivity contribution in [3.8, 4) is 5.75 Å². The lowest BCUT2D eigenvalue weighted by molar-refractivity contribution is -0.164. The third-order valence-corrected chi connectivity index (χ3v) is 4.61. The van der Waals surface area contributed by atoms with Crippen molar-refractivity contribution in [1.29, 1.82) is 0 Å². The van der Waals surface area contributed by atoms with Crippen molar-refractivity contribution in [3.63, 3.8) is 0 Å². The Bertz CT molecular complexity index is 663. The molecule has 1 aromatic rings. The molecule has 130 valence electrons. The monoisotopic (exact) mass is 330 g/mol. The minimum Gasteiger partial charge on any atom is -0.494 e. The zero-order valence-corrected chi connectivity index (χ0v) is 15.1. The van der Waals surface area contributed by atoms with E-state index in [1.54, 1.807) is 7.11 Å². The van der Waals surface area contributed by atoms with Crippen molar-refractivity contribution in [2.45, 2.75) is 58.2 Å². The molecule has 0 aromatic heterocycles. The van der Waals surface area contributed by atoms with Crippen LogP contribution in [0.1, 0.15) is 47.0 Å². The maximum absolute atomic E-state index is 12.5. The molecule has 0 aliphatic carbocycles. The molecule has 5 nitrogen and oxygen atoms in total. The Morgan fingerprint density at radius 3 is 2.42 bits per heavy atom. The number of rotatable bonds is 3. The highest BCUT2D eigenvalue weighted by Crippen LogP contribution is 2.41. The first-order valence-corrected chi connectivity index (χ1v) is 8.44. The van der Waals surface area contributed by atoms with E-state index in [9.17, 15) is 4.79 Å². The van der Waals surface area contributed by atoms with E-state index in [2.05, 4.69) is 32.8 Å². The summed E-state index contributed by atoms with van der Waals surface area (Å²) in [5.74, 6) is 0.910. The van der Waals surface area contributed by atoms with E-state index < -0.39 is 0 Å². The first-order chi connectivity index (χ1) is 11.2. The summed E-state index contributed by atoms with van der Waals surface area (Å²) in [6.45, 7) is 8.43. The predicted octanol–water partition coefficient (Wildman–Crippen LogP) is 3.77. The standard InChI is InChI=1S/C19H26N2O3/c1-18(2)11-13(12-19(3,4)24-18)14-10-17(22)21(20-14)15-8-6-7-9-16(15)23-5/h6-9,13H,10-12H2,1-5H3. The molecule has 0 bridgehead atoms. The van der Waals surface area contributed by atoms with E-state index in [0.29, 0.717) is 17.9 Å². The number of carbonyl (C=O) groups excluding carboxylic acids is 1. The van der Waals surface area contributed by atoms with Crippen molar-refractivity contribution < 1.29 is 14.3 Å². The highest BCUT2D eigenvalue weighted by Gasteiger charge is 2.43. The van der Waals surface area contributed by atoms with Gasteiger partial charge in [-0.05, 0) is 52.7 Å². The number of ether oxygens (including phenoxy) is 2. The molecular weight excluding hydrogens is 304 g/mol. The Hall–Kier alpha value is -1.88. The van der Waals surface area contributed by atoms with E-state index in [0.717, 1.165) is 18.6 Å². The van der Waals surface area contributed by atoms with E-state index >= 15 is 0 Å². The summed E-state index contributed by atoms with van der Waals surface area (Å²) in [4.78, 5) is 12.5. The molecule has 0 atom stereocenters. The first kappa shape index (κ1) is 17.0. The Balaban J connectivity index is 1.89. The van der Waals surface area contributed by atoms with Gasteiger partial charge >= 0.3 is 0 Å². The average Bonchev–Trinajstić information content (AvgIpc) is 2.86. The fraction of sp³-hybridized carbons (Fsp3) is 0.579. The Kier molecular flexibility index (Phi) is 4.16. The van der Waals surface area contributed by atoms with E-state index in [-0.39, 0.29) is 23.0 Å². The molecule has 2 heterocycles. The molecule has 0 saturated carbocycles. The second-order valence-electron chi connectivity index (χ2n) is 7.87. The van der Waals surface area contributed by atoms with Gasteiger partial charge in [0.2, 0.25) is 0 Å². The SMILES string of the molecule is COc1ccccc1N1N=C(C2CC(C)(C)OC(C)(C)C2)CC1=O. The van der Waals surface area contributed by atoms with Crippen LogP contribution in [0.3, 0.4) is 0 Å². The predicted molar refractivity (Wildman–Crippen MR) is 94.5 cm³/mol. The molecule has 2 aliphatic heterocycles.